The van der Waals surface area contributed by atoms with Gasteiger partial charge in [0.05, 0.1) is 6.61 Å². The maximum Gasteiger partial charge on any atom is 0.244 e. The molecule has 20 heavy (non-hydrogen) atoms. The fraction of sp³-hybridized carbons (Fsp3) is 0.286. The number of carbonyl (C=O) groups is 1. The summed E-state index contributed by atoms with van der Waals surface area (Å²) in [6.45, 7) is 0.811. The summed E-state index contributed by atoms with van der Waals surface area (Å²) in [7, 11) is 0. The zero-order chi connectivity index (χ0) is 14.4. The zero-order valence-corrected chi connectivity index (χ0v) is 11.1. The first-order valence-corrected chi connectivity index (χ1v) is 6.40. The highest BCUT2D eigenvalue weighted by molar-refractivity contribution is 5.76. The number of nitrogens with zero attached hydrogens (tertiary/aromatic N) is 3. The van der Waals surface area contributed by atoms with Crippen molar-refractivity contribution >= 4 is 11.7 Å². The predicted molar refractivity (Wildman–Crippen MR) is 75.6 cm³/mol. The molecule has 0 radical (unpaired) electrons. The highest BCUT2D eigenvalue weighted by Gasteiger charge is 2.14. The Hall–Kier alpha value is -2.34. The minimum atomic E-state index is -0.106. The van der Waals surface area contributed by atoms with Gasteiger partial charge >= 0.3 is 0 Å². The molecule has 1 aromatic carbocycles. The van der Waals surface area contributed by atoms with Crippen LogP contribution in [0, 0.1) is 0 Å². The summed E-state index contributed by atoms with van der Waals surface area (Å²) < 4.78 is 1.49. The minimum absolute atomic E-state index is 0.0696. The third-order valence-corrected chi connectivity index (χ3v) is 2.90. The fourth-order valence-corrected chi connectivity index (χ4v) is 1.92. The van der Waals surface area contributed by atoms with Crippen molar-refractivity contribution in [3.63, 3.8) is 0 Å². The minimum Gasteiger partial charge on any atom is -0.395 e. The van der Waals surface area contributed by atoms with E-state index in [1.54, 1.807) is 17.2 Å². The van der Waals surface area contributed by atoms with Crippen LogP contribution < -0.4 is 5.73 Å². The lowest BCUT2D eigenvalue weighted by Gasteiger charge is -2.21. The summed E-state index contributed by atoms with van der Waals surface area (Å²) in [4.78, 5) is 13.8. The van der Waals surface area contributed by atoms with E-state index in [9.17, 15) is 4.79 Å². The number of rotatable bonds is 6. The molecule has 0 aliphatic heterocycles. The van der Waals surface area contributed by atoms with E-state index in [-0.39, 0.29) is 19.1 Å². The third kappa shape index (κ3) is 3.83. The van der Waals surface area contributed by atoms with E-state index < -0.39 is 0 Å². The molecule has 106 valence electrons. The van der Waals surface area contributed by atoms with Crippen LogP contribution in [0.2, 0.25) is 0 Å². The summed E-state index contributed by atoms with van der Waals surface area (Å²) in [5, 5.41) is 13.1. The van der Waals surface area contributed by atoms with Gasteiger partial charge < -0.3 is 15.7 Å². The van der Waals surface area contributed by atoms with E-state index in [1.807, 2.05) is 30.3 Å². The van der Waals surface area contributed by atoms with Crippen molar-refractivity contribution < 1.29 is 9.90 Å². The van der Waals surface area contributed by atoms with Crippen molar-refractivity contribution in [3.8, 4) is 0 Å². The van der Waals surface area contributed by atoms with Crippen LogP contribution in [0.25, 0.3) is 0 Å². The molecule has 0 aliphatic rings. The number of nitrogens with two attached hydrogens (primary N) is 1. The second-order valence-electron chi connectivity index (χ2n) is 4.46. The molecule has 2 rings (SSSR count). The van der Waals surface area contributed by atoms with Gasteiger partial charge in [0.15, 0.2) is 0 Å². The van der Waals surface area contributed by atoms with E-state index in [0.29, 0.717) is 18.9 Å². The lowest BCUT2D eigenvalue weighted by atomic mass is 10.2. The number of anilines is 1. The number of aromatic nitrogens is 2. The van der Waals surface area contributed by atoms with Crippen LogP contribution in [-0.2, 0) is 17.9 Å². The van der Waals surface area contributed by atoms with E-state index in [0.717, 1.165) is 5.56 Å². The number of amides is 1. The van der Waals surface area contributed by atoms with Crippen molar-refractivity contribution in [1.29, 1.82) is 0 Å². The van der Waals surface area contributed by atoms with Gasteiger partial charge in [-0.15, -0.1) is 0 Å². The van der Waals surface area contributed by atoms with E-state index >= 15 is 0 Å². The highest BCUT2D eigenvalue weighted by atomic mass is 16.3. The lowest BCUT2D eigenvalue weighted by molar-refractivity contribution is -0.133. The Morgan fingerprint density at radius 1 is 1.30 bits per heavy atom. The third-order valence-electron chi connectivity index (χ3n) is 2.90. The molecule has 0 atom stereocenters. The van der Waals surface area contributed by atoms with Crippen LogP contribution in [-0.4, -0.2) is 38.8 Å². The van der Waals surface area contributed by atoms with Gasteiger partial charge in [-0.2, -0.15) is 5.10 Å². The molecule has 0 bridgehead atoms. The van der Waals surface area contributed by atoms with Crippen LogP contribution in [0.15, 0.2) is 42.6 Å². The molecule has 1 aromatic heterocycles. The normalized spacial score (nSPS) is 10.4. The summed E-state index contributed by atoms with van der Waals surface area (Å²) in [5.41, 5.74) is 6.54. The largest absolute Gasteiger partial charge is 0.395 e. The highest BCUT2D eigenvalue weighted by Crippen LogP contribution is 2.06. The fourth-order valence-electron chi connectivity index (χ4n) is 1.92. The maximum atomic E-state index is 12.2. The van der Waals surface area contributed by atoms with Gasteiger partial charge in [-0.1, -0.05) is 30.3 Å². The monoisotopic (exact) mass is 274 g/mol. The number of hydrogen-bond acceptors (Lipinski definition) is 4. The smallest absolute Gasteiger partial charge is 0.244 e. The Kier molecular flexibility index (Phi) is 4.73. The van der Waals surface area contributed by atoms with Gasteiger partial charge in [-0.3, -0.25) is 9.48 Å². The molecule has 0 unspecified atom stereocenters. The molecule has 0 spiro atoms. The van der Waals surface area contributed by atoms with Crippen LogP contribution in [0.1, 0.15) is 5.56 Å². The molecule has 0 saturated heterocycles. The van der Waals surface area contributed by atoms with Crippen molar-refractivity contribution in [2.45, 2.75) is 13.1 Å². The zero-order valence-electron chi connectivity index (χ0n) is 11.1. The molecule has 1 heterocycles. The Bertz CT molecular complexity index is 553. The molecule has 6 nitrogen and oxygen atoms in total. The Morgan fingerprint density at radius 2 is 2.05 bits per heavy atom. The molecule has 6 heteroatoms. The number of aliphatic hydroxyl groups excluding tert-OH is 1. The second-order valence-corrected chi connectivity index (χ2v) is 4.46. The first-order valence-electron chi connectivity index (χ1n) is 6.40. The Balaban J connectivity index is 2.02. The van der Waals surface area contributed by atoms with Gasteiger partial charge in [-0.05, 0) is 11.6 Å². The Morgan fingerprint density at radius 3 is 2.65 bits per heavy atom. The first-order chi connectivity index (χ1) is 9.69. The molecule has 3 N–H and O–H groups in total. The number of aliphatic hydroxyl groups is 1. The molecule has 0 fully saturated rings. The molecule has 1 amide bonds. The first kappa shape index (κ1) is 14.1. The summed E-state index contributed by atoms with van der Waals surface area (Å²) >= 11 is 0. The van der Waals surface area contributed by atoms with E-state index in [2.05, 4.69) is 5.10 Å². The van der Waals surface area contributed by atoms with Gasteiger partial charge in [0.2, 0.25) is 5.91 Å². The quantitative estimate of drug-likeness (QED) is 0.802. The van der Waals surface area contributed by atoms with Gasteiger partial charge in [0, 0.05) is 19.3 Å². The molecular weight excluding hydrogens is 256 g/mol. The SMILES string of the molecule is Nc1ccn(CC(=O)N(CCO)Cc2ccccc2)n1. The van der Waals surface area contributed by atoms with Crippen LogP contribution in [0.4, 0.5) is 5.82 Å². The molecule has 2 aromatic rings. The topological polar surface area (TPSA) is 84.4 Å². The van der Waals surface area contributed by atoms with Crippen molar-refractivity contribution in [2.75, 3.05) is 18.9 Å². The van der Waals surface area contributed by atoms with Crippen molar-refractivity contribution in [3.05, 3.63) is 48.2 Å². The van der Waals surface area contributed by atoms with E-state index in [1.165, 1.54) is 4.68 Å². The average Bonchev–Trinajstić information content (AvgIpc) is 2.85. The van der Waals surface area contributed by atoms with Gasteiger partial charge in [0.1, 0.15) is 12.4 Å². The molecule has 0 saturated carbocycles. The maximum absolute atomic E-state index is 12.2. The second kappa shape index (κ2) is 6.72. The van der Waals surface area contributed by atoms with Crippen LogP contribution in [0.5, 0.6) is 0 Å². The summed E-state index contributed by atoms with van der Waals surface area (Å²) in [6.07, 6.45) is 1.66. The van der Waals surface area contributed by atoms with Gasteiger partial charge in [0.25, 0.3) is 0 Å². The Labute approximate surface area is 117 Å². The van der Waals surface area contributed by atoms with Crippen molar-refractivity contribution in [2.24, 2.45) is 0 Å². The number of benzene rings is 1. The average molecular weight is 274 g/mol. The standard InChI is InChI=1S/C14H18N4O2/c15-13-6-7-18(16-13)11-14(20)17(8-9-19)10-12-4-2-1-3-5-12/h1-7,19H,8-11H2,(H2,15,16). The van der Waals surface area contributed by atoms with E-state index in [4.69, 9.17) is 10.8 Å². The number of hydrogen-bond donors (Lipinski definition) is 2. The van der Waals surface area contributed by atoms with Gasteiger partial charge in [-0.25, -0.2) is 0 Å². The molecule has 0 aliphatic carbocycles. The van der Waals surface area contributed by atoms with Crippen molar-refractivity contribution in [1.82, 2.24) is 14.7 Å². The van der Waals surface area contributed by atoms with Crippen LogP contribution in [0.3, 0.4) is 0 Å². The molecular formula is C14H18N4O2. The lowest BCUT2D eigenvalue weighted by Crippen LogP contribution is -2.35. The summed E-state index contributed by atoms with van der Waals surface area (Å²) in [5.74, 6) is 0.278. The summed E-state index contributed by atoms with van der Waals surface area (Å²) in [6, 6.07) is 11.3. The predicted octanol–water partition coefficient (Wildman–Crippen LogP) is 0.486. The number of nitrogen functional groups attached to an aromatic ring is 1. The number of carbonyl (C=O) groups excluding carboxylic acids is 1. The van der Waals surface area contributed by atoms with Crippen LogP contribution >= 0.6 is 0 Å².